The molecule has 0 aromatic heterocycles. The summed E-state index contributed by atoms with van der Waals surface area (Å²) in [5.41, 5.74) is 8.19. The molecule has 4 saturated carbocycles. The van der Waals surface area contributed by atoms with Gasteiger partial charge < -0.3 is 15.8 Å². The summed E-state index contributed by atoms with van der Waals surface area (Å²) >= 11 is 0. The third-order valence-electron chi connectivity index (χ3n) is 13.0. The van der Waals surface area contributed by atoms with Crippen LogP contribution in [0.4, 0.5) is 0 Å². The van der Waals surface area contributed by atoms with Crippen LogP contribution in [0, 0.1) is 52.3 Å². The van der Waals surface area contributed by atoms with Crippen molar-refractivity contribution in [2.24, 2.45) is 58.0 Å². The molecular weight excluding hydrogens is 540 g/mol. The van der Waals surface area contributed by atoms with E-state index in [-0.39, 0.29) is 36.4 Å². The van der Waals surface area contributed by atoms with Crippen molar-refractivity contribution in [1.82, 2.24) is 5.32 Å². The van der Waals surface area contributed by atoms with E-state index in [1.807, 2.05) is 30.3 Å². The second kappa shape index (κ2) is 14.3. The van der Waals surface area contributed by atoms with Gasteiger partial charge >= 0.3 is 0 Å². The van der Waals surface area contributed by atoms with Crippen LogP contribution in [0.25, 0.3) is 0 Å². The van der Waals surface area contributed by atoms with E-state index in [0.29, 0.717) is 12.0 Å². The van der Waals surface area contributed by atoms with E-state index in [9.17, 15) is 4.79 Å². The first-order valence-electron chi connectivity index (χ1n) is 17.3. The lowest BCUT2D eigenvalue weighted by Crippen LogP contribution is -2.63. The van der Waals surface area contributed by atoms with Crippen LogP contribution in [-0.2, 0) is 16.1 Å². The summed E-state index contributed by atoms with van der Waals surface area (Å²) < 4.78 is 5.85. The molecule has 2 unspecified atom stereocenters. The standard InChI is InChI=1S/C37H60N2O2.ClH/c1-25(2)11-9-12-26(3)30-19-20-31-29-18-17-28-15-10-16-34(37(28,5)32(29)21-22-36(30,31)4)39-35(40)33(38)24-41-23-27-13-7-6-8-14-27;/h6-8,13-14,25-26,28-34H,9-12,15-24,38H2,1-5H3,(H,39,40);1H/t26-,28?,29+,30-,31+,32+,33-,34?,36-,37+;/m1./s1. The predicted octanol–water partition coefficient (Wildman–Crippen LogP) is 8.56. The summed E-state index contributed by atoms with van der Waals surface area (Å²) in [5, 5.41) is 3.52. The van der Waals surface area contributed by atoms with Crippen molar-refractivity contribution in [2.75, 3.05) is 6.61 Å². The van der Waals surface area contributed by atoms with Gasteiger partial charge in [-0.1, -0.05) is 90.6 Å². The van der Waals surface area contributed by atoms with E-state index >= 15 is 0 Å². The fourth-order valence-corrected chi connectivity index (χ4v) is 10.8. The Balaban J connectivity index is 0.00000405. The van der Waals surface area contributed by atoms with E-state index in [1.54, 1.807) is 0 Å². The van der Waals surface area contributed by atoms with Gasteiger partial charge in [0.05, 0.1) is 13.2 Å². The monoisotopic (exact) mass is 600 g/mol. The molecule has 10 atom stereocenters. The van der Waals surface area contributed by atoms with E-state index in [1.165, 1.54) is 70.6 Å². The number of carbonyl (C=O) groups is 1. The zero-order chi connectivity index (χ0) is 29.2. The molecule has 1 amide bonds. The molecule has 4 aliphatic carbocycles. The molecule has 0 spiro atoms. The lowest BCUT2D eigenvalue weighted by atomic mass is 9.43. The van der Waals surface area contributed by atoms with Crippen LogP contribution >= 0.6 is 12.4 Å². The quantitative estimate of drug-likeness (QED) is 0.267. The van der Waals surface area contributed by atoms with Crippen molar-refractivity contribution in [3.8, 4) is 0 Å². The lowest BCUT2D eigenvalue weighted by molar-refractivity contribution is -0.140. The van der Waals surface area contributed by atoms with Crippen molar-refractivity contribution in [3.63, 3.8) is 0 Å². The molecule has 4 nitrogen and oxygen atoms in total. The second-order valence-corrected chi connectivity index (χ2v) is 15.6. The van der Waals surface area contributed by atoms with Gasteiger partial charge in [-0.25, -0.2) is 0 Å². The van der Waals surface area contributed by atoms with E-state index in [0.717, 1.165) is 53.4 Å². The second-order valence-electron chi connectivity index (χ2n) is 15.6. The van der Waals surface area contributed by atoms with Gasteiger partial charge in [-0.2, -0.15) is 0 Å². The molecule has 0 heterocycles. The zero-order valence-corrected chi connectivity index (χ0v) is 28.1. The summed E-state index contributed by atoms with van der Waals surface area (Å²) in [6.07, 6.45) is 16.2. The smallest absolute Gasteiger partial charge is 0.239 e. The highest BCUT2D eigenvalue weighted by atomic mass is 35.5. The molecule has 0 aliphatic heterocycles. The summed E-state index contributed by atoms with van der Waals surface area (Å²) in [6, 6.07) is 9.73. The number of nitrogens with one attached hydrogen (secondary N) is 1. The zero-order valence-electron chi connectivity index (χ0n) is 27.3. The molecule has 1 aromatic rings. The van der Waals surface area contributed by atoms with Crippen LogP contribution in [-0.4, -0.2) is 24.6 Å². The number of ether oxygens (including phenoxy) is 1. The largest absolute Gasteiger partial charge is 0.375 e. The highest BCUT2D eigenvalue weighted by molar-refractivity contribution is 5.85. The molecule has 0 saturated heterocycles. The van der Waals surface area contributed by atoms with Gasteiger partial charge in [-0.3, -0.25) is 4.79 Å². The average Bonchev–Trinajstić information content (AvgIpc) is 3.31. The number of nitrogens with two attached hydrogens (primary N) is 1. The number of hydrogen-bond acceptors (Lipinski definition) is 3. The Hall–Kier alpha value is -1.10. The van der Waals surface area contributed by atoms with Gasteiger partial charge in [-0.15, -0.1) is 12.4 Å². The Kier molecular flexibility index (Phi) is 11.5. The third-order valence-corrected chi connectivity index (χ3v) is 13.0. The fourth-order valence-electron chi connectivity index (χ4n) is 10.8. The maximum Gasteiger partial charge on any atom is 0.239 e. The minimum atomic E-state index is -0.621. The fraction of sp³-hybridized carbons (Fsp3) is 0.811. The Morgan fingerprint density at radius 2 is 1.74 bits per heavy atom. The number of benzene rings is 1. The number of hydrogen-bond donors (Lipinski definition) is 2. The van der Waals surface area contributed by atoms with Gasteiger partial charge in [0, 0.05) is 6.04 Å². The Labute approximate surface area is 263 Å². The van der Waals surface area contributed by atoms with E-state index in [4.69, 9.17) is 10.5 Å². The highest BCUT2D eigenvalue weighted by Gasteiger charge is 2.62. The van der Waals surface area contributed by atoms with Crippen molar-refractivity contribution in [3.05, 3.63) is 35.9 Å². The van der Waals surface area contributed by atoms with Crippen molar-refractivity contribution >= 4 is 18.3 Å². The molecule has 4 aliphatic rings. The van der Waals surface area contributed by atoms with Gasteiger partial charge in [0.15, 0.2) is 0 Å². The first-order valence-corrected chi connectivity index (χ1v) is 17.3. The SMILES string of the molecule is CC(C)CCC[C@@H](C)[C@H]1CC[C@H]2[C@@H]3CCC4CCCC(NC(=O)[C@H](N)COCc5ccccc5)[C@]4(C)[C@H]3CC[C@]12C.Cl. The average molecular weight is 601 g/mol. The molecule has 5 heteroatoms. The maximum atomic E-state index is 13.4. The summed E-state index contributed by atoms with van der Waals surface area (Å²) in [6.45, 7) is 13.3. The number of halogens is 1. The first kappa shape index (κ1) is 33.8. The van der Waals surface area contributed by atoms with Crippen LogP contribution in [0.5, 0.6) is 0 Å². The molecule has 0 bridgehead atoms. The normalized spacial score (nSPS) is 37.1. The van der Waals surface area contributed by atoms with Crippen molar-refractivity contribution in [2.45, 2.75) is 130 Å². The van der Waals surface area contributed by atoms with E-state index < -0.39 is 6.04 Å². The summed E-state index contributed by atoms with van der Waals surface area (Å²) in [4.78, 5) is 13.4. The van der Waals surface area contributed by atoms with Gasteiger partial charge in [-0.05, 0) is 109 Å². The van der Waals surface area contributed by atoms with Crippen LogP contribution in [0.1, 0.15) is 117 Å². The van der Waals surface area contributed by atoms with Crippen molar-refractivity contribution < 1.29 is 9.53 Å². The van der Waals surface area contributed by atoms with Crippen LogP contribution in [0.3, 0.4) is 0 Å². The number of rotatable bonds is 11. The Morgan fingerprint density at radius 1 is 0.976 bits per heavy atom. The first-order chi connectivity index (χ1) is 19.6. The van der Waals surface area contributed by atoms with E-state index in [2.05, 4.69) is 39.9 Å². The Bertz CT molecular complexity index is 1000. The molecule has 5 rings (SSSR count). The third kappa shape index (κ3) is 6.76. The van der Waals surface area contributed by atoms with Crippen molar-refractivity contribution in [1.29, 1.82) is 0 Å². The number of carbonyl (C=O) groups excluding carboxylic acids is 1. The molecule has 0 radical (unpaired) electrons. The number of fused-ring (bicyclic) bond motifs is 5. The minimum absolute atomic E-state index is 0. The molecule has 238 valence electrons. The van der Waals surface area contributed by atoms with Gasteiger partial charge in [0.25, 0.3) is 0 Å². The topological polar surface area (TPSA) is 64.4 Å². The van der Waals surface area contributed by atoms with Gasteiger partial charge in [0.2, 0.25) is 5.91 Å². The lowest BCUT2D eigenvalue weighted by Gasteiger charge is -2.63. The molecule has 1 aromatic carbocycles. The molecular formula is C37H61ClN2O2. The minimum Gasteiger partial charge on any atom is -0.375 e. The summed E-state index contributed by atoms with van der Waals surface area (Å²) in [7, 11) is 0. The van der Waals surface area contributed by atoms with Crippen LogP contribution < -0.4 is 11.1 Å². The number of amides is 1. The van der Waals surface area contributed by atoms with Crippen LogP contribution in [0.2, 0.25) is 0 Å². The molecule has 4 fully saturated rings. The Morgan fingerprint density at radius 3 is 2.48 bits per heavy atom. The molecule has 3 N–H and O–H groups in total. The summed E-state index contributed by atoms with van der Waals surface area (Å²) in [5.74, 6) is 5.67. The molecule has 42 heavy (non-hydrogen) atoms. The predicted molar refractivity (Wildman–Crippen MR) is 176 cm³/mol. The van der Waals surface area contributed by atoms with Gasteiger partial charge in [0.1, 0.15) is 6.04 Å². The maximum absolute atomic E-state index is 13.4. The highest BCUT2D eigenvalue weighted by Crippen LogP contribution is 2.68. The van der Waals surface area contributed by atoms with Crippen LogP contribution in [0.15, 0.2) is 30.3 Å².